The summed E-state index contributed by atoms with van der Waals surface area (Å²) in [5.41, 5.74) is 2.17. The van der Waals surface area contributed by atoms with E-state index in [0.717, 1.165) is 15.6 Å². The van der Waals surface area contributed by atoms with Gasteiger partial charge in [-0.1, -0.05) is 74.3 Å². The number of benzene rings is 2. The predicted molar refractivity (Wildman–Crippen MR) is 85.8 cm³/mol. The van der Waals surface area contributed by atoms with Gasteiger partial charge in [-0.2, -0.15) is 0 Å². The van der Waals surface area contributed by atoms with Crippen LogP contribution in [0.15, 0.2) is 59.1 Å². The van der Waals surface area contributed by atoms with Crippen LogP contribution in [0.2, 0.25) is 0 Å². The lowest BCUT2D eigenvalue weighted by molar-refractivity contribution is -0.157. The fourth-order valence-electron chi connectivity index (χ4n) is 2.34. The maximum Gasteiger partial charge on any atom is 0.205 e. The molecule has 3 rings (SSSR count). The van der Waals surface area contributed by atoms with Crippen LogP contribution in [0.4, 0.5) is 0 Å². The second-order valence-corrected chi connectivity index (χ2v) is 6.20. The van der Waals surface area contributed by atoms with Crippen molar-refractivity contribution < 1.29 is 9.47 Å². The molecule has 104 valence electrons. The molecule has 0 aliphatic carbocycles. The van der Waals surface area contributed by atoms with Gasteiger partial charge in [0.1, 0.15) is 6.10 Å². The molecule has 2 aromatic rings. The first-order valence-electron chi connectivity index (χ1n) is 6.42. The number of ether oxygens (including phenoxy) is 2. The van der Waals surface area contributed by atoms with Crippen molar-refractivity contribution in [1.82, 2.24) is 0 Å². The van der Waals surface area contributed by atoms with Crippen LogP contribution in [0.5, 0.6) is 0 Å². The molecule has 1 saturated heterocycles. The molecule has 1 heterocycles. The van der Waals surface area contributed by atoms with E-state index in [1.807, 2.05) is 42.5 Å². The van der Waals surface area contributed by atoms with E-state index in [2.05, 4.69) is 44.0 Å². The van der Waals surface area contributed by atoms with Crippen molar-refractivity contribution in [3.05, 3.63) is 70.2 Å². The quantitative estimate of drug-likeness (QED) is 0.693. The number of halogens is 2. The first-order valence-corrected chi connectivity index (χ1v) is 8.34. The molecular formula is C16H14Br2O2. The van der Waals surface area contributed by atoms with Gasteiger partial charge in [0.05, 0.1) is 11.9 Å². The minimum Gasteiger partial charge on any atom is -0.342 e. The third-order valence-corrected chi connectivity index (χ3v) is 4.70. The lowest BCUT2D eigenvalue weighted by Gasteiger charge is -2.26. The normalized spacial score (nSPS) is 25.8. The summed E-state index contributed by atoms with van der Waals surface area (Å²) in [6.07, 6.45) is -0.0302. The summed E-state index contributed by atoms with van der Waals surface area (Å²) in [6, 6.07) is 18.2. The number of rotatable bonds is 3. The Balaban J connectivity index is 1.87. The molecule has 2 aromatic carbocycles. The van der Waals surface area contributed by atoms with E-state index in [1.165, 1.54) is 0 Å². The standard InChI is InChI=1S/C16H14Br2O2/c17-11-16(13-6-8-14(18)9-7-13)19-10-15(20-16)12-4-2-1-3-5-12/h1-9,15H,10-11H2. The summed E-state index contributed by atoms with van der Waals surface area (Å²) < 4.78 is 13.3. The zero-order chi connectivity index (χ0) is 14.0. The lowest BCUT2D eigenvalue weighted by Crippen LogP contribution is -2.29. The summed E-state index contributed by atoms with van der Waals surface area (Å²) in [4.78, 5) is 0. The molecule has 20 heavy (non-hydrogen) atoms. The van der Waals surface area contributed by atoms with E-state index < -0.39 is 5.79 Å². The summed E-state index contributed by atoms with van der Waals surface area (Å²) in [7, 11) is 0. The van der Waals surface area contributed by atoms with Crippen LogP contribution in [-0.4, -0.2) is 11.9 Å². The SMILES string of the molecule is BrCC1(c2ccc(Br)cc2)OCC(c2ccccc2)O1. The topological polar surface area (TPSA) is 18.5 Å². The Morgan fingerprint density at radius 1 is 1.05 bits per heavy atom. The van der Waals surface area contributed by atoms with E-state index >= 15 is 0 Å². The van der Waals surface area contributed by atoms with Crippen LogP contribution in [0.1, 0.15) is 17.2 Å². The largest absolute Gasteiger partial charge is 0.342 e. The summed E-state index contributed by atoms with van der Waals surface area (Å²) >= 11 is 6.98. The average molecular weight is 398 g/mol. The predicted octanol–water partition coefficient (Wildman–Crippen LogP) is 4.78. The molecule has 2 atom stereocenters. The summed E-state index contributed by atoms with van der Waals surface area (Å²) in [5.74, 6) is -0.707. The van der Waals surface area contributed by atoms with Gasteiger partial charge >= 0.3 is 0 Å². The minimum atomic E-state index is -0.707. The molecule has 0 N–H and O–H groups in total. The maximum atomic E-state index is 6.23. The lowest BCUT2D eigenvalue weighted by atomic mass is 10.1. The van der Waals surface area contributed by atoms with Gasteiger partial charge in [0, 0.05) is 10.0 Å². The van der Waals surface area contributed by atoms with Gasteiger partial charge in [0.15, 0.2) is 0 Å². The highest BCUT2D eigenvalue weighted by atomic mass is 79.9. The van der Waals surface area contributed by atoms with Crippen LogP contribution in [0.3, 0.4) is 0 Å². The summed E-state index contributed by atoms with van der Waals surface area (Å²) in [6.45, 7) is 0.561. The molecule has 0 bridgehead atoms. The van der Waals surface area contributed by atoms with Gasteiger partial charge in [-0.15, -0.1) is 0 Å². The van der Waals surface area contributed by atoms with Crippen LogP contribution >= 0.6 is 31.9 Å². The van der Waals surface area contributed by atoms with Crippen molar-refractivity contribution >= 4 is 31.9 Å². The second kappa shape index (κ2) is 5.98. The molecule has 0 radical (unpaired) electrons. The molecule has 1 aliphatic heterocycles. The van der Waals surface area contributed by atoms with Crippen LogP contribution < -0.4 is 0 Å². The highest BCUT2D eigenvalue weighted by molar-refractivity contribution is 9.10. The fraction of sp³-hybridized carbons (Fsp3) is 0.250. The monoisotopic (exact) mass is 396 g/mol. The van der Waals surface area contributed by atoms with Gasteiger partial charge in [-0.05, 0) is 17.7 Å². The maximum absolute atomic E-state index is 6.23. The van der Waals surface area contributed by atoms with Crippen molar-refractivity contribution in [2.75, 3.05) is 11.9 Å². The van der Waals surface area contributed by atoms with E-state index in [1.54, 1.807) is 0 Å². The Hall–Kier alpha value is -0.680. The van der Waals surface area contributed by atoms with E-state index in [9.17, 15) is 0 Å². The van der Waals surface area contributed by atoms with E-state index in [0.29, 0.717) is 11.9 Å². The Kier molecular flexibility index (Phi) is 4.26. The molecule has 2 unspecified atom stereocenters. The van der Waals surface area contributed by atoms with Gasteiger partial charge in [-0.3, -0.25) is 0 Å². The molecule has 4 heteroatoms. The Morgan fingerprint density at radius 3 is 2.40 bits per heavy atom. The van der Waals surface area contributed by atoms with Gasteiger partial charge < -0.3 is 9.47 Å². The number of alkyl halides is 1. The Labute approximate surface area is 135 Å². The van der Waals surface area contributed by atoms with Crippen LogP contribution in [-0.2, 0) is 15.3 Å². The highest BCUT2D eigenvalue weighted by Gasteiger charge is 2.42. The highest BCUT2D eigenvalue weighted by Crippen LogP contribution is 2.41. The third kappa shape index (κ3) is 2.70. The fourth-order valence-corrected chi connectivity index (χ4v) is 3.22. The van der Waals surface area contributed by atoms with Crippen LogP contribution in [0, 0.1) is 0 Å². The molecule has 0 saturated carbocycles. The Bertz CT molecular complexity index is 571. The molecule has 2 nitrogen and oxygen atoms in total. The summed E-state index contributed by atoms with van der Waals surface area (Å²) in [5, 5.41) is 0.602. The van der Waals surface area contributed by atoms with Gasteiger partial charge in [0.2, 0.25) is 5.79 Å². The van der Waals surface area contributed by atoms with Crippen molar-refractivity contribution in [1.29, 1.82) is 0 Å². The number of hydrogen-bond donors (Lipinski definition) is 0. The molecule has 0 amide bonds. The number of hydrogen-bond acceptors (Lipinski definition) is 2. The van der Waals surface area contributed by atoms with Crippen molar-refractivity contribution in [2.24, 2.45) is 0 Å². The van der Waals surface area contributed by atoms with Crippen LogP contribution in [0.25, 0.3) is 0 Å². The smallest absolute Gasteiger partial charge is 0.205 e. The third-order valence-electron chi connectivity index (χ3n) is 3.43. The first kappa shape index (κ1) is 14.3. The average Bonchev–Trinajstić information content (AvgIpc) is 2.95. The zero-order valence-electron chi connectivity index (χ0n) is 10.8. The van der Waals surface area contributed by atoms with E-state index in [4.69, 9.17) is 9.47 Å². The van der Waals surface area contributed by atoms with E-state index in [-0.39, 0.29) is 6.10 Å². The minimum absolute atomic E-state index is 0.0302. The zero-order valence-corrected chi connectivity index (χ0v) is 13.9. The van der Waals surface area contributed by atoms with Gasteiger partial charge in [0.25, 0.3) is 0 Å². The second-order valence-electron chi connectivity index (χ2n) is 4.72. The molecule has 1 aliphatic rings. The van der Waals surface area contributed by atoms with Crippen molar-refractivity contribution in [3.63, 3.8) is 0 Å². The molecular weight excluding hydrogens is 384 g/mol. The van der Waals surface area contributed by atoms with Crippen molar-refractivity contribution in [3.8, 4) is 0 Å². The van der Waals surface area contributed by atoms with Crippen molar-refractivity contribution in [2.45, 2.75) is 11.9 Å². The molecule has 0 spiro atoms. The van der Waals surface area contributed by atoms with Gasteiger partial charge in [-0.25, -0.2) is 0 Å². The molecule has 0 aromatic heterocycles. The Morgan fingerprint density at radius 2 is 1.75 bits per heavy atom. The first-order chi connectivity index (χ1) is 9.73. The molecule has 1 fully saturated rings.